The minimum atomic E-state index is -0.375. The molecular weight excluding hydrogens is 288 g/mol. The number of aryl methyl sites for hydroxylation is 1. The Balaban J connectivity index is 1.74. The largest absolute Gasteiger partial charge is 0.389 e. The number of ether oxygens (including phenoxy) is 1. The van der Waals surface area contributed by atoms with Crippen LogP contribution in [0, 0.1) is 0 Å². The number of hydrogen-bond acceptors (Lipinski definition) is 4. The molecule has 1 heterocycles. The van der Waals surface area contributed by atoms with Crippen molar-refractivity contribution in [3.8, 4) is 0 Å². The van der Waals surface area contributed by atoms with Crippen LogP contribution in [-0.4, -0.2) is 55.5 Å². The second-order valence-corrected chi connectivity index (χ2v) is 6.67. The maximum atomic E-state index is 9.82. The minimum absolute atomic E-state index is 0.375. The molecule has 0 spiro atoms. The maximum Gasteiger partial charge on any atom is 0.0900 e. The van der Waals surface area contributed by atoms with Gasteiger partial charge in [0.15, 0.2) is 0 Å². The molecule has 0 aromatic heterocycles. The van der Waals surface area contributed by atoms with Crippen molar-refractivity contribution in [3.05, 3.63) is 35.4 Å². The van der Waals surface area contributed by atoms with Crippen LogP contribution in [0.15, 0.2) is 24.3 Å². The van der Waals surface area contributed by atoms with E-state index in [4.69, 9.17) is 4.74 Å². The molecular formula is C19H32N2O2. The number of benzene rings is 1. The Hall–Kier alpha value is -0.940. The summed E-state index contributed by atoms with van der Waals surface area (Å²) in [6.07, 6.45) is 2.99. The van der Waals surface area contributed by atoms with Gasteiger partial charge in [-0.2, -0.15) is 0 Å². The molecule has 4 heteroatoms. The van der Waals surface area contributed by atoms with E-state index in [1.807, 2.05) is 0 Å². The van der Waals surface area contributed by atoms with E-state index in [9.17, 15) is 5.11 Å². The van der Waals surface area contributed by atoms with Crippen LogP contribution >= 0.6 is 0 Å². The number of methoxy groups -OCH3 is 1. The van der Waals surface area contributed by atoms with Crippen LogP contribution in [0.5, 0.6) is 0 Å². The summed E-state index contributed by atoms with van der Waals surface area (Å²) >= 11 is 0. The first-order valence-corrected chi connectivity index (χ1v) is 8.86. The van der Waals surface area contributed by atoms with Gasteiger partial charge in [0, 0.05) is 25.7 Å². The molecule has 2 unspecified atom stereocenters. The van der Waals surface area contributed by atoms with Crippen molar-refractivity contribution in [3.63, 3.8) is 0 Å². The first kappa shape index (κ1) is 18.4. The minimum Gasteiger partial charge on any atom is -0.389 e. The Morgan fingerprint density at radius 1 is 1.26 bits per heavy atom. The number of nitrogens with one attached hydrogen (secondary N) is 1. The molecule has 1 aliphatic heterocycles. The van der Waals surface area contributed by atoms with E-state index in [-0.39, 0.29) is 6.10 Å². The van der Waals surface area contributed by atoms with Gasteiger partial charge < -0.3 is 20.1 Å². The summed E-state index contributed by atoms with van der Waals surface area (Å²) < 4.78 is 5.00. The van der Waals surface area contributed by atoms with Gasteiger partial charge in [-0.25, -0.2) is 0 Å². The van der Waals surface area contributed by atoms with Crippen molar-refractivity contribution >= 4 is 0 Å². The number of nitrogens with zero attached hydrogens (tertiary/aromatic N) is 1. The third kappa shape index (κ3) is 5.88. The number of rotatable bonds is 8. The van der Waals surface area contributed by atoms with Crippen LogP contribution in [0.2, 0.25) is 0 Å². The molecule has 2 atom stereocenters. The van der Waals surface area contributed by atoms with Gasteiger partial charge in [0.05, 0.1) is 12.7 Å². The zero-order chi connectivity index (χ0) is 16.7. The SMILES string of the molecule is CCc1ccc(C(C)NC2CCN(CC(O)COC)CC2)cc1. The van der Waals surface area contributed by atoms with Gasteiger partial charge in [-0.1, -0.05) is 31.2 Å². The fourth-order valence-electron chi connectivity index (χ4n) is 3.32. The molecule has 23 heavy (non-hydrogen) atoms. The second-order valence-electron chi connectivity index (χ2n) is 6.67. The average molecular weight is 320 g/mol. The highest BCUT2D eigenvalue weighted by molar-refractivity contribution is 5.24. The normalized spacial score (nSPS) is 19.7. The summed E-state index contributed by atoms with van der Waals surface area (Å²) in [7, 11) is 1.63. The molecule has 4 nitrogen and oxygen atoms in total. The zero-order valence-electron chi connectivity index (χ0n) is 14.8. The Morgan fingerprint density at radius 3 is 2.48 bits per heavy atom. The van der Waals surface area contributed by atoms with Gasteiger partial charge in [-0.05, 0) is 50.4 Å². The van der Waals surface area contributed by atoms with Crippen LogP contribution < -0.4 is 5.32 Å². The Bertz CT molecular complexity index is 441. The van der Waals surface area contributed by atoms with Gasteiger partial charge in [0.25, 0.3) is 0 Å². The van der Waals surface area contributed by atoms with Gasteiger partial charge in [-0.3, -0.25) is 0 Å². The lowest BCUT2D eigenvalue weighted by Gasteiger charge is -2.34. The first-order chi connectivity index (χ1) is 11.1. The fourth-order valence-corrected chi connectivity index (χ4v) is 3.32. The number of β-amino-alcohol motifs (C(OH)–C–C–N with tert-alkyl or cyclic N) is 1. The monoisotopic (exact) mass is 320 g/mol. The second kappa shape index (κ2) is 9.38. The molecule has 2 N–H and O–H groups in total. The van der Waals surface area contributed by atoms with Crippen molar-refractivity contribution in [1.82, 2.24) is 10.2 Å². The number of likely N-dealkylation sites (tertiary alicyclic amines) is 1. The first-order valence-electron chi connectivity index (χ1n) is 8.86. The molecule has 2 rings (SSSR count). The Labute approximate surface area is 140 Å². The van der Waals surface area contributed by atoms with Gasteiger partial charge in [-0.15, -0.1) is 0 Å². The average Bonchev–Trinajstić information content (AvgIpc) is 2.57. The van der Waals surface area contributed by atoms with E-state index < -0.39 is 0 Å². The molecule has 0 bridgehead atoms. The number of aliphatic hydroxyl groups is 1. The van der Waals surface area contributed by atoms with Gasteiger partial charge in [0.1, 0.15) is 0 Å². The number of aliphatic hydroxyl groups excluding tert-OH is 1. The molecule has 0 amide bonds. The molecule has 1 aliphatic rings. The number of piperidine rings is 1. The highest BCUT2D eigenvalue weighted by Gasteiger charge is 2.22. The molecule has 0 saturated carbocycles. The highest BCUT2D eigenvalue weighted by Crippen LogP contribution is 2.18. The van der Waals surface area contributed by atoms with E-state index >= 15 is 0 Å². The standard InChI is InChI=1S/C19H32N2O2/c1-4-16-5-7-17(8-6-16)15(2)20-18-9-11-21(12-10-18)13-19(22)14-23-3/h5-8,15,18-20,22H,4,9-14H2,1-3H3. The summed E-state index contributed by atoms with van der Waals surface area (Å²) in [6, 6.07) is 9.89. The van der Waals surface area contributed by atoms with E-state index in [1.165, 1.54) is 11.1 Å². The van der Waals surface area contributed by atoms with Crippen molar-refractivity contribution in [2.75, 3.05) is 33.4 Å². The Kier molecular flexibility index (Phi) is 7.50. The zero-order valence-corrected chi connectivity index (χ0v) is 14.8. The van der Waals surface area contributed by atoms with Crippen LogP contribution in [-0.2, 0) is 11.2 Å². The maximum absolute atomic E-state index is 9.82. The van der Waals surface area contributed by atoms with Gasteiger partial charge >= 0.3 is 0 Å². The molecule has 1 aromatic rings. The third-order valence-electron chi connectivity index (χ3n) is 4.79. The molecule has 0 aliphatic carbocycles. The van der Waals surface area contributed by atoms with Crippen LogP contribution in [0.1, 0.15) is 43.9 Å². The van der Waals surface area contributed by atoms with E-state index in [0.717, 1.165) is 32.4 Å². The van der Waals surface area contributed by atoms with Crippen LogP contribution in [0.4, 0.5) is 0 Å². The van der Waals surface area contributed by atoms with Crippen molar-refractivity contribution in [2.24, 2.45) is 0 Å². The van der Waals surface area contributed by atoms with Crippen LogP contribution in [0.3, 0.4) is 0 Å². The molecule has 1 aromatic carbocycles. The van der Waals surface area contributed by atoms with E-state index in [2.05, 4.69) is 48.3 Å². The summed E-state index contributed by atoms with van der Waals surface area (Å²) in [4.78, 5) is 2.34. The predicted octanol–water partition coefficient (Wildman–Crippen LogP) is 2.37. The van der Waals surface area contributed by atoms with E-state index in [1.54, 1.807) is 7.11 Å². The molecule has 1 saturated heterocycles. The van der Waals surface area contributed by atoms with Crippen molar-refractivity contribution in [1.29, 1.82) is 0 Å². The summed E-state index contributed by atoms with van der Waals surface area (Å²) in [5.41, 5.74) is 2.75. The van der Waals surface area contributed by atoms with E-state index in [0.29, 0.717) is 25.2 Å². The van der Waals surface area contributed by atoms with Crippen molar-refractivity contribution < 1.29 is 9.84 Å². The van der Waals surface area contributed by atoms with Crippen molar-refractivity contribution in [2.45, 2.75) is 51.3 Å². The Morgan fingerprint density at radius 2 is 1.91 bits per heavy atom. The van der Waals surface area contributed by atoms with Crippen LogP contribution in [0.25, 0.3) is 0 Å². The smallest absolute Gasteiger partial charge is 0.0900 e. The lowest BCUT2D eigenvalue weighted by atomic mass is 10.0. The number of hydrogen-bond donors (Lipinski definition) is 2. The molecule has 0 radical (unpaired) electrons. The highest BCUT2D eigenvalue weighted by atomic mass is 16.5. The summed E-state index contributed by atoms with van der Waals surface area (Å²) in [5.74, 6) is 0. The lowest BCUT2D eigenvalue weighted by molar-refractivity contribution is 0.0308. The molecule has 1 fully saturated rings. The predicted molar refractivity (Wildman–Crippen MR) is 94.7 cm³/mol. The fraction of sp³-hybridized carbons (Fsp3) is 0.684. The topological polar surface area (TPSA) is 44.7 Å². The quantitative estimate of drug-likeness (QED) is 0.772. The molecule has 130 valence electrons. The lowest BCUT2D eigenvalue weighted by Crippen LogP contribution is -2.46. The summed E-state index contributed by atoms with van der Waals surface area (Å²) in [5, 5.41) is 13.6. The van der Waals surface area contributed by atoms with Gasteiger partial charge in [0.2, 0.25) is 0 Å². The third-order valence-corrected chi connectivity index (χ3v) is 4.79. The summed E-state index contributed by atoms with van der Waals surface area (Å²) in [6.45, 7) is 7.65.